The van der Waals surface area contributed by atoms with Crippen LogP contribution in [-0.2, 0) is 0 Å². The molecule has 0 bridgehead atoms. The number of fused-ring (bicyclic) bond motifs is 1. The Morgan fingerprint density at radius 2 is 1.50 bits per heavy atom. The number of pyridine rings is 1. The summed E-state index contributed by atoms with van der Waals surface area (Å²) in [6.07, 6.45) is 0. The third kappa shape index (κ3) is 3.48. The first-order valence-corrected chi connectivity index (χ1v) is 10.5. The van der Waals surface area contributed by atoms with Crippen LogP contribution in [0.25, 0.3) is 39.4 Å². The highest BCUT2D eigenvalue weighted by molar-refractivity contribution is 5.83. The lowest BCUT2D eigenvalue weighted by molar-refractivity contribution is 0.340. The van der Waals surface area contributed by atoms with Crippen molar-refractivity contribution in [2.75, 3.05) is 6.61 Å². The Morgan fingerprint density at radius 3 is 2.12 bits per heavy atom. The quantitative estimate of drug-likeness (QED) is 0.352. The molecule has 5 aromatic rings. The van der Waals surface area contributed by atoms with Crippen LogP contribution < -0.4 is 4.74 Å². The molecule has 0 aliphatic carbocycles. The number of aromatic nitrogens is 3. The zero-order valence-corrected chi connectivity index (χ0v) is 17.6. The lowest BCUT2D eigenvalue weighted by atomic mass is 9.98. The van der Waals surface area contributed by atoms with Crippen molar-refractivity contribution in [3.8, 4) is 45.6 Å². The fourth-order valence-corrected chi connectivity index (χ4v) is 3.79. The minimum absolute atomic E-state index is 0.489. The van der Waals surface area contributed by atoms with Gasteiger partial charge in [-0.25, -0.2) is 9.50 Å². The first kappa shape index (κ1) is 19.5. The van der Waals surface area contributed by atoms with Crippen molar-refractivity contribution in [1.82, 2.24) is 14.6 Å². The van der Waals surface area contributed by atoms with E-state index in [1.807, 2.05) is 97.9 Å². The van der Waals surface area contributed by atoms with Gasteiger partial charge in [-0.15, -0.1) is 5.10 Å². The SMILES string of the molecule is CCOc1ccc(-c2cc(-c3ccccc3)n3nc(-c4ccccc4)nc3c2C#N)cc1. The van der Waals surface area contributed by atoms with Crippen LogP contribution in [0.3, 0.4) is 0 Å². The van der Waals surface area contributed by atoms with Crippen LogP contribution in [0.15, 0.2) is 91.0 Å². The van der Waals surface area contributed by atoms with Gasteiger partial charge in [0.05, 0.1) is 12.3 Å². The number of ether oxygens (including phenoxy) is 1. The summed E-state index contributed by atoms with van der Waals surface area (Å²) in [7, 11) is 0. The van der Waals surface area contributed by atoms with E-state index in [4.69, 9.17) is 14.8 Å². The van der Waals surface area contributed by atoms with Crippen LogP contribution in [0.5, 0.6) is 5.75 Å². The number of hydrogen-bond acceptors (Lipinski definition) is 4. The fourth-order valence-electron chi connectivity index (χ4n) is 3.79. The van der Waals surface area contributed by atoms with Gasteiger partial charge in [-0.1, -0.05) is 72.8 Å². The number of nitriles is 1. The van der Waals surface area contributed by atoms with Crippen molar-refractivity contribution in [3.63, 3.8) is 0 Å². The van der Waals surface area contributed by atoms with Crippen LogP contribution in [0.1, 0.15) is 12.5 Å². The average Bonchev–Trinajstić information content (AvgIpc) is 3.30. The van der Waals surface area contributed by atoms with Crippen LogP contribution in [0.2, 0.25) is 0 Å². The third-order valence-corrected chi connectivity index (χ3v) is 5.30. The Morgan fingerprint density at radius 1 is 0.844 bits per heavy atom. The molecular formula is C27H20N4O. The van der Waals surface area contributed by atoms with Crippen LogP contribution >= 0.6 is 0 Å². The smallest absolute Gasteiger partial charge is 0.182 e. The molecule has 0 spiro atoms. The maximum Gasteiger partial charge on any atom is 0.182 e. The molecule has 0 atom stereocenters. The molecule has 5 heteroatoms. The summed E-state index contributed by atoms with van der Waals surface area (Å²) in [5.41, 5.74) is 5.54. The van der Waals surface area contributed by atoms with Crippen molar-refractivity contribution in [1.29, 1.82) is 5.26 Å². The lowest BCUT2D eigenvalue weighted by Crippen LogP contribution is -1.99. The van der Waals surface area contributed by atoms with Gasteiger partial charge in [0, 0.05) is 16.7 Å². The maximum absolute atomic E-state index is 10.1. The second-order valence-corrected chi connectivity index (χ2v) is 7.29. The molecule has 0 aliphatic rings. The van der Waals surface area contributed by atoms with E-state index < -0.39 is 0 Å². The van der Waals surface area contributed by atoms with Crippen LogP contribution in [0.4, 0.5) is 0 Å². The molecule has 2 heterocycles. The molecule has 2 aromatic heterocycles. The van der Waals surface area contributed by atoms with Gasteiger partial charge in [0.2, 0.25) is 0 Å². The van der Waals surface area contributed by atoms with Crippen molar-refractivity contribution >= 4 is 5.65 Å². The molecule has 0 unspecified atom stereocenters. The predicted octanol–water partition coefficient (Wildman–Crippen LogP) is 6.00. The molecule has 5 nitrogen and oxygen atoms in total. The van der Waals surface area contributed by atoms with E-state index in [2.05, 4.69) is 6.07 Å². The van der Waals surface area contributed by atoms with Crippen molar-refractivity contribution in [2.24, 2.45) is 0 Å². The zero-order chi connectivity index (χ0) is 21.9. The van der Waals surface area contributed by atoms with Gasteiger partial charge in [-0.3, -0.25) is 0 Å². The molecule has 0 saturated heterocycles. The molecule has 0 radical (unpaired) electrons. The maximum atomic E-state index is 10.1. The highest BCUT2D eigenvalue weighted by atomic mass is 16.5. The molecule has 5 rings (SSSR count). The zero-order valence-electron chi connectivity index (χ0n) is 17.6. The first-order valence-electron chi connectivity index (χ1n) is 10.5. The number of nitrogens with zero attached hydrogens (tertiary/aromatic N) is 4. The van der Waals surface area contributed by atoms with Crippen molar-refractivity contribution in [2.45, 2.75) is 6.92 Å². The number of hydrogen-bond donors (Lipinski definition) is 0. The van der Waals surface area contributed by atoms with Gasteiger partial charge < -0.3 is 4.74 Å². The van der Waals surface area contributed by atoms with E-state index in [-0.39, 0.29) is 0 Å². The summed E-state index contributed by atoms with van der Waals surface area (Å²) < 4.78 is 7.35. The monoisotopic (exact) mass is 416 g/mol. The molecule has 0 N–H and O–H groups in total. The van der Waals surface area contributed by atoms with Gasteiger partial charge in [0.15, 0.2) is 11.5 Å². The van der Waals surface area contributed by atoms with Gasteiger partial charge >= 0.3 is 0 Å². The minimum Gasteiger partial charge on any atom is -0.494 e. The normalized spacial score (nSPS) is 10.8. The second kappa shape index (κ2) is 8.37. The van der Waals surface area contributed by atoms with Gasteiger partial charge in [0.1, 0.15) is 17.4 Å². The summed E-state index contributed by atoms with van der Waals surface area (Å²) in [6, 6.07) is 32.0. The Labute approximate surface area is 186 Å². The highest BCUT2D eigenvalue weighted by Gasteiger charge is 2.19. The molecule has 0 fully saturated rings. The molecular weight excluding hydrogens is 396 g/mol. The Hall–Kier alpha value is -4.43. The lowest BCUT2D eigenvalue weighted by Gasteiger charge is -2.11. The average molecular weight is 416 g/mol. The molecule has 32 heavy (non-hydrogen) atoms. The van der Waals surface area contributed by atoms with Crippen LogP contribution in [0, 0.1) is 11.3 Å². The van der Waals surface area contributed by atoms with Gasteiger partial charge in [-0.05, 0) is 30.7 Å². The largest absolute Gasteiger partial charge is 0.494 e. The summed E-state index contributed by atoms with van der Waals surface area (Å²) >= 11 is 0. The van der Waals surface area contributed by atoms with Gasteiger partial charge in [0.25, 0.3) is 0 Å². The van der Waals surface area contributed by atoms with E-state index in [0.29, 0.717) is 23.6 Å². The fraction of sp³-hybridized carbons (Fsp3) is 0.0741. The van der Waals surface area contributed by atoms with E-state index in [0.717, 1.165) is 33.7 Å². The van der Waals surface area contributed by atoms with Crippen molar-refractivity contribution < 1.29 is 4.74 Å². The Kier molecular flexibility index (Phi) is 5.11. The summed E-state index contributed by atoms with van der Waals surface area (Å²) in [6.45, 7) is 2.56. The second-order valence-electron chi connectivity index (χ2n) is 7.29. The van der Waals surface area contributed by atoms with Gasteiger partial charge in [-0.2, -0.15) is 5.26 Å². The van der Waals surface area contributed by atoms with E-state index >= 15 is 0 Å². The molecule has 0 aliphatic heterocycles. The molecule has 154 valence electrons. The Bertz CT molecular complexity index is 1420. The topological polar surface area (TPSA) is 63.2 Å². The number of rotatable bonds is 5. The predicted molar refractivity (Wildman–Crippen MR) is 125 cm³/mol. The summed E-state index contributed by atoms with van der Waals surface area (Å²) in [5.74, 6) is 1.39. The van der Waals surface area contributed by atoms with Crippen LogP contribution in [-0.4, -0.2) is 21.2 Å². The molecule has 0 saturated carbocycles. The third-order valence-electron chi connectivity index (χ3n) is 5.30. The molecule has 3 aromatic carbocycles. The van der Waals surface area contributed by atoms with E-state index in [1.165, 1.54) is 0 Å². The van der Waals surface area contributed by atoms with E-state index in [1.54, 1.807) is 4.52 Å². The highest BCUT2D eigenvalue weighted by Crippen LogP contribution is 2.33. The molecule has 0 amide bonds. The summed E-state index contributed by atoms with van der Waals surface area (Å²) in [4.78, 5) is 4.78. The number of benzene rings is 3. The van der Waals surface area contributed by atoms with E-state index in [9.17, 15) is 5.26 Å². The first-order chi connectivity index (χ1) is 15.8. The van der Waals surface area contributed by atoms with Crippen molar-refractivity contribution in [3.05, 3.63) is 96.6 Å². The standard InChI is InChI=1S/C27H20N4O/c1-2-32-22-15-13-19(14-16-22)23-17-25(20-9-5-3-6-10-20)31-27(24(23)18-28)29-26(30-31)21-11-7-4-8-12-21/h3-17H,2H2,1H3. The minimum atomic E-state index is 0.489. The summed E-state index contributed by atoms with van der Waals surface area (Å²) in [5, 5.41) is 14.9. The Balaban J connectivity index is 1.78.